The number of hydrogen-bond donors (Lipinski definition) is 0. The number of allylic oxidation sites excluding steroid dienone is 2. The third-order valence-corrected chi connectivity index (χ3v) is 5.96. The summed E-state index contributed by atoms with van der Waals surface area (Å²) in [7, 11) is 0. The molecule has 0 amide bonds. The first-order chi connectivity index (χ1) is 17.3. The Labute approximate surface area is 208 Å². The third kappa shape index (κ3) is 5.82. The van der Waals surface area contributed by atoms with Gasteiger partial charge in [0, 0.05) is 48.9 Å². The molecule has 36 heavy (non-hydrogen) atoms. The van der Waals surface area contributed by atoms with Crippen LogP contribution in [0.5, 0.6) is 5.75 Å². The number of aliphatic imine (C=N–C) groups is 1. The fraction of sp³-hybridized carbons (Fsp3) is 0.250. The highest BCUT2D eigenvalue weighted by atomic mass is 19.4. The third-order valence-electron chi connectivity index (χ3n) is 5.96. The summed E-state index contributed by atoms with van der Waals surface area (Å²) in [6.07, 6.45) is 2.36. The van der Waals surface area contributed by atoms with Gasteiger partial charge < -0.3 is 9.64 Å². The van der Waals surface area contributed by atoms with Crippen LogP contribution in [0.15, 0.2) is 84.3 Å². The second-order valence-corrected chi connectivity index (χ2v) is 8.42. The van der Waals surface area contributed by atoms with Crippen molar-refractivity contribution in [2.45, 2.75) is 33.0 Å². The van der Waals surface area contributed by atoms with Gasteiger partial charge in [0.25, 0.3) is 0 Å². The number of nitrogens with zero attached hydrogens (tertiary/aromatic N) is 4. The summed E-state index contributed by atoms with van der Waals surface area (Å²) in [5.41, 5.74) is 4.69. The number of benzene rings is 1. The zero-order valence-corrected chi connectivity index (χ0v) is 20.2. The lowest BCUT2D eigenvalue weighted by molar-refractivity contribution is -0.137. The highest BCUT2D eigenvalue weighted by Crippen LogP contribution is 2.35. The number of hydrogen-bond acceptors (Lipinski definition) is 5. The largest absolute Gasteiger partial charge is 0.487 e. The molecule has 0 unspecified atom stereocenters. The van der Waals surface area contributed by atoms with Crippen LogP contribution in [0.3, 0.4) is 0 Å². The summed E-state index contributed by atoms with van der Waals surface area (Å²) in [6.45, 7) is 8.80. The minimum absolute atomic E-state index is 0.330. The number of halogens is 3. The molecule has 0 aliphatic carbocycles. The molecule has 0 bridgehead atoms. The van der Waals surface area contributed by atoms with E-state index >= 15 is 0 Å². The molecule has 0 spiro atoms. The molecule has 1 aliphatic rings. The second kappa shape index (κ2) is 10.8. The van der Waals surface area contributed by atoms with Crippen molar-refractivity contribution in [2.24, 2.45) is 4.99 Å². The van der Waals surface area contributed by atoms with E-state index in [0.717, 1.165) is 34.6 Å². The molecule has 8 heteroatoms. The smallest absolute Gasteiger partial charge is 0.417 e. The molecule has 0 N–H and O–H groups in total. The van der Waals surface area contributed by atoms with Crippen molar-refractivity contribution in [3.8, 4) is 17.0 Å². The van der Waals surface area contributed by atoms with Gasteiger partial charge in [0.15, 0.2) is 0 Å². The monoisotopic (exact) mass is 492 g/mol. The first-order valence-electron chi connectivity index (χ1n) is 11.6. The van der Waals surface area contributed by atoms with Crippen molar-refractivity contribution in [2.75, 3.05) is 18.1 Å². The highest BCUT2D eigenvalue weighted by Gasteiger charge is 2.32. The van der Waals surface area contributed by atoms with E-state index in [1.807, 2.05) is 56.3 Å². The lowest BCUT2D eigenvalue weighted by atomic mass is 10.0. The van der Waals surface area contributed by atoms with Crippen LogP contribution in [0.4, 0.5) is 18.9 Å². The summed E-state index contributed by atoms with van der Waals surface area (Å²) in [4.78, 5) is 15.1. The zero-order valence-electron chi connectivity index (χ0n) is 20.2. The van der Waals surface area contributed by atoms with Crippen LogP contribution in [0.25, 0.3) is 11.3 Å². The molecule has 5 nitrogen and oxygen atoms in total. The standard InChI is InChI=1S/C28H27F3N4O/c1-4-19(3)34-23(5-2)18-36-24-10-8-20(9-11-24)27-26(7-6-13-32-27)35-14-12-25-21(17-35)15-22(16-33-25)28(29,30)31/h4-11,13,15-16H,1,12,14,17-18H2,2-3H3/b23-5-,34-19?. The Kier molecular flexibility index (Phi) is 7.52. The number of anilines is 1. The quantitative estimate of drug-likeness (QED) is 0.346. The summed E-state index contributed by atoms with van der Waals surface area (Å²) >= 11 is 0. The first-order valence-corrected chi connectivity index (χ1v) is 11.6. The van der Waals surface area contributed by atoms with E-state index in [1.165, 1.54) is 6.07 Å². The Hall–Kier alpha value is -3.94. The van der Waals surface area contributed by atoms with Crippen LogP contribution in [0.1, 0.15) is 30.7 Å². The van der Waals surface area contributed by atoms with E-state index < -0.39 is 11.7 Å². The lowest BCUT2D eigenvalue weighted by Gasteiger charge is -2.31. The van der Waals surface area contributed by atoms with Crippen LogP contribution in [0.2, 0.25) is 0 Å². The predicted octanol–water partition coefficient (Wildman–Crippen LogP) is 6.65. The van der Waals surface area contributed by atoms with E-state index in [0.29, 0.717) is 43.1 Å². The van der Waals surface area contributed by atoms with Crippen molar-refractivity contribution in [3.63, 3.8) is 0 Å². The molecule has 0 fully saturated rings. The number of alkyl halides is 3. The maximum Gasteiger partial charge on any atom is 0.417 e. The Morgan fingerprint density at radius 3 is 2.67 bits per heavy atom. The normalized spacial score (nSPS) is 14.4. The van der Waals surface area contributed by atoms with Gasteiger partial charge in [0.1, 0.15) is 12.4 Å². The molecule has 0 saturated heterocycles. The molecule has 2 aromatic heterocycles. The van der Waals surface area contributed by atoms with E-state index in [1.54, 1.807) is 12.3 Å². The molecule has 1 aromatic carbocycles. The number of aromatic nitrogens is 2. The molecule has 3 aromatic rings. The molecular formula is C28H27F3N4O. The Bertz CT molecular complexity index is 1300. The summed E-state index contributed by atoms with van der Waals surface area (Å²) in [5, 5.41) is 0. The number of ether oxygens (including phenoxy) is 1. The molecular weight excluding hydrogens is 465 g/mol. The lowest BCUT2D eigenvalue weighted by Crippen LogP contribution is -2.31. The van der Waals surface area contributed by atoms with E-state index in [-0.39, 0.29) is 0 Å². The molecule has 186 valence electrons. The zero-order chi connectivity index (χ0) is 25.7. The van der Waals surface area contributed by atoms with Gasteiger partial charge in [-0.1, -0.05) is 12.7 Å². The molecule has 4 rings (SSSR count). The van der Waals surface area contributed by atoms with Crippen LogP contribution in [-0.4, -0.2) is 28.8 Å². The van der Waals surface area contributed by atoms with Gasteiger partial charge in [-0.15, -0.1) is 0 Å². The van der Waals surface area contributed by atoms with Crippen molar-refractivity contribution in [1.29, 1.82) is 0 Å². The van der Waals surface area contributed by atoms with Crippen molar-refractivity contribution in [1.82, 2.24) is 9.97 Å². The van der Waals surface area contributed by atoms with Gasteiger partial charge in [-0.25, -0.2) is 0 Å². The van der Waals surface area contributed by atoms with E-state index in [4.69, 9.17) is 4.74 Å². The van der Waals surface area contributed by atoms with Crippen molar-refractivity contribution in [3.05, 3.63) is 96.1 Å². The van der Waals surface area contributed by atoms with Gasteiger partial charge in [0.2, 0.25) is 0 Å². The minimum atomic E-state index is -4.42. The van der Waals surface area contributed by atoms with E-state index in [2.05, 4.69) is 26.4 Å². The molecule has 0 radical (unpaired) electrons. The molecule has 0 saturated carbocycles. The summed E-state index contributed by atoms with van der Waals surface area (Å²) in [6, 6.07) is 12.6. The van der Waals surface area contributed by atoms with E-state index in [9.17, 15) is 13.2 Å². The average molecular weight is 493 g/mol. The van der Waals surface area contributed by atoms with Gasteiger partial charge in [-0.05, 0) is 68.0 Å². The Morgan fingerprint density at radius 1 is 1.19 bits per heavy atom. The SMILES string of the molecule is C=CC(C)=N/C(=C\C)COc1ccc(-c2ncccc2N2CCc3ncc(C(F)(F)F)cc3C2)cc1. The van der Waals surface area contributed by atoms with Crippen LogP contribution in [0, 0.1) is 0 Å². The summed E-state index contributed by atoms with van der Waals surface area (Å²) in [5.74, 6) is 0.694. The number of fused-ring (bicyclic) bond motifs is 1. The summed E-state index contributed by atoms with van der Waals surface area (Å²) < 4.78 is 45.5. The second-order valence-electron chi connectivity index (χ2n) is 8.42. The fourth-order valence-electron chi connectivity index (χ4n) is 3.98. The fourth-order valence-corrected chi connectivity index (χ4v) is 3.98. The Balaban J connectivity index is 1.53. The average Bonchev–Trinajstić information content (AvgIpc) is 2.90. The first kappa shape index (κ1) is 25.2. The Morgan fingerprint density at radius 2 is 1.97 bits per heavy atom. The molecule has 1 aliphatic heterocycles. The van der Waals surface area contributed by atoms with Crippen molar-refractivity contribution < 1.29 is 17.9 Å². The van der Waals surface area contributed by atoms with Crippen LogP contribution >= 0.6 is 0 Å². The van der Waals surface area contributed by atoms with Gasteiger partial charge in [-0.2, -0.15) is 13.2 Å². The maximum absolute atomic E-state index is 13.2. The van der Waals surface area contributed by atoms with Gasteiger partial charge >= 0.3 is 6.18 Å². The molecule has 0 atom stereocenters. The van der Waals surface area contributed by atoms with Gasteiger partial charge in [-0.3, -0.25) is 15.0 Å². The van der Waals surface area contributed by atoms with Crippen LogP contribution in [-0.2, 0) is 19.1 Å². The molecule has 3 heterocycles. The maximum atomic E-state index is 13.2. The van der Waals surface area contributed by atoms with Gasteiger partial charge in [0.05, 0.1) is 22.6 Å². The topological polar surface area (TPSA) is 50.6 Å². The predicted molar refractivity (Wildman–Crippen MR) is 136 cm³/mol. The van der Waals surface area contributed by atoms with Crippen molar-refractivity contribution >= 4 is 11.4 Å². The number of pyridine rings is 2. The minimum Gasteiger partial charge on any atom is -0.487 e. The number of rotatable bonds is 7. The van der Waals surface area contributed by atoms with Crippen LogP contribution < -0.4 is 9.64 Å². The highest BCUT2D eigenvalue weighted by molar-refractivity contribution is 5.92.